The first kappa shape index (κ1) is 17.3. The second-order valence-corrected chi connectivity index (χ2v) is 6.23. The van der Waals surface area contributed by atoms with E-state index in [4.69, 9.17) is 9.41 Å². The van der Waals surface area contributed by atoms with Crippen LogP contribution in [0, 0.1) is 0 Å². The third-order valence-electron chi connectivity index (χ3n) is 4.46. The van der Waals surface area contributed by atoms with E-state index in [2.05, 4.69) is 29.3 Å². The molecule has 0 spiro atoms. The van der Waals surface area contributed by atoms with E-state index in [9.17, 15) is 4.79 Å². The summed E-state index contributed by atoms with van der Waals surface area (Å²) in [5.41, 5.74) is 0.925. The number of piperazine rings is 1. The molecule has 0 saturated carbocycles. The molecule has 1 aliphatic heterocycles. The summed E-state index contributed by atoms with van der Waals surface area (Å²) in [6, 6.07) is 10.1. The standard InChI is InChI=1S/C19H26N4O2/c1-3-20-19(23-12-10-22(11-13-23)15(2)24)21-9-8-17-14-16-6-4-5-7-18(16)25-17/h4-7,14H,3,8-13H2,1-2H3,(H,20,21). The Morgan fingerprint density at radius 3 is 2.60 bits per heavy atom. The highest BCUT2D eigenvalue weighted by Gasteiger charge is 2.20. The maximum absolute atomic E-state index is 11.5. The van der Waals surface area contributed by atoms with Crippen LogP contribution in [-0.2, 0) is 11.2 Å². The van der Waals surface area contributed by atoms with Gasteiger partial charge in [0.25, 0.3) is 0 Å². The zero-order valence-corrected chi connectivity index (χ0v) is 15.0. The number of aliphatic imine (C=N–C) groups is 1. The summed E-state index contributed by atoms with van der Waals surface area (Å²) in [4.78, 5) is 20.3. The summed E-state index contributed by atoms with van der Waals surface area (Å²) in [6.45, 7) is 8.34. The number of hydrogen-bond acceptors (Lipinski definition) is 3. The van der Waals surface area contributed by atoms with Crippen molar-refractivity contribution in [2.24, 2.45) is 4.99 Å². The van der Waals surface area contributed by atoms with Crippen molar-refractivity contribution in [1.29, 1.82) is 0 Å². The minimum absolute atomic E-state index is 0.145. The van der Waals surface area contributed by atoms with Gasteiger partial charge in [0.15, 0.2) is 5.96 Å². The molecule has 0 radical (unpaired) electrons. The maximum atomic E-state index is 11.5. The average molecular weight is 342 g/mol. The zero-order valence-electron chi connectivity index (χ0n) is 15.0. The Morgan fingerprint density at radius 1 is 1.20 bits per heavy atom. The number of para-hydroxylation sites is 1. The van der Waals surface area contributed by atoms with E-state index in [-0.39, 0.29) is 5.91 Å². The van der Waals surface area contributed by atoms with Crippen LogP contribution in [-0.4, -0.2) is 60.9 Å². The number of amides is 1. The summed E-state index contributed by atoms with van der Waals surface area (Å²) in [5, 5.41) is 4.48. The number of nitrogens with one attached hydrogen (secondary N) is 1. The molecule has 0 bridgehead atoms. The van der Waals surface area contributed by atoms with Gasteiger partial charge in [0.1, 0.15) is 11.3 Å². The van der Waals surface area contributed by atoms with Crippen LogP contribution in [0.2, 0.25) is 0 Å². The lowest BCUT2D eigenvalue weighted by Gasteiger charge is -2.36. The third-order valence-corrected chi connectivity index (χ3v) is 4.46. The monoisotopic (exact) mass is 342 g/mol. The van der Waals surface area contributed by atoms with Crippen LogP contribution >= 0.6 is 0 Å². The SMILES string of the molecule is CCNC(=NCCc1cc2ccccc2o1)N1CCN(C(C)=O)CC1. The van der Waals surface area contributed by atoms with Crippen molar-refractivity contribution in [3.05, 3.63) is 36.1 Å². The minimum Gasteiger partial charge on any atom is -0.461 e. The first-order valence-corrected chi connectivity index (χ1v) is 8.93. The molecule has 0 atom stereocenters. The summed E-state index contributed by atoms with van der Waals surface area (Å²) in [7, 11) is 0. The second-order valence-electron chi connectivity index (χ2n) is 6.23. The first-order valence-electron chi connectivity index (χ1n) is 8.93. The maximum Gasteiger partial charge on any atom is 0.219 e. The predicted octanol–water partition coefficient (Wildman–Crippen LogP) is 2.10. The van der Waals surface area contributed by atoms with Crippen molar-refractivity contribution in [3.63, 3.8) is 0 Å². The van der Waals surface area contributed by atoms with Crippen molar-refractivity contribution >= 4 is 22.8 Å². The molecule has 0 unspecified atom stereocenters. The molecule has 1 N–H and O–H groups in total. The van der Waals surface area contributed by atoms with E-state index in [1.807, 2.05) is 23.1 Å². The fourth-order valence-electron chi connectivity index (χ4n) is 3.09. The number of furan rings is 1. The number of carbonyl (C=O) groups is 1. The van der Waals surface area contributed by atoms with E-state index in [1.54, 1.807) is 6.92 Å². The lowest BCUT2D eigenvalue weighted by molar-refractivity contribution is -0.130. The van der Waals surface area contributed by atoms with Gasteiger partial charge in [-0.25, -0.2) is 0 Å². The molecule has 1 amide bonds. The highest BCUT2D eigenvalue weighted by molar-refractivity contribution is 5.81. The Labute approximate surface area is 148 Å². The van der Waals surface area contributed by atoms with E-state index in [0.717, 1.165) is 61.8 Å². The molecule has 6 nitrogen and oxygen atoms in total. The third kappa shape index (κ3) is 4.32. The Kier molecular flexibility index (Phi) is 5.58. The van der Waals surface area contributed by atoms with Gasteiger partial charge in [-0.05, 0) is 19.1 Å². The number of fused-ring (bicyclic) bond motifs is 1. The number of guanidine groups is 1. The van der Waals surface area contributed by atoms with Crippen LogP contribution in [0.25, 0.3) is 11.0 Å². The summed E-state index contributed by atoms with van der Waals surface area (Å²) < 4.78 is 5.85. The summed E-state index contributed by atoms with van der Waals surface area (Å²) in [5.74, 6) is 2.02. The molecule has 6 heteroatoms. The highest BCUT2D eigenvalue weighted by Crippen LogP contribution is 2.19. The molecule has 1 aromatic heterocycles. The summed E-state index contributed by atoms with van der Waals surface area (Å²) >= 11 is 0. The largest absolute Gasteiger partial charge is 0.461 e. The Bertz CT molecular complexity index is 712. The normalized spacial score (nSPS) is 15.7. The van der Waals surface area contributed by atoms with E-state index < -0.39 is 0 Å². The van der Waals surface area contributed by atoms with Crippen LogP contribution in [0.15, 0.2) is 39.7 Å². The molecule has 134 valence electrons. The smallest absolute Gasteiger partial charge is 0.219 e. The molecule has 1 aromatic carbocycles. The number of rotatable bonds is 4. The molecule has 2 aromatic rings. The van der Waals surface area contributed by atoms with Gasteiger partial charge in [0, 0.05) is 58.0 Å². The number of nitrogens with zero attached hydrogens (tertiary/aromatic N) is 3. The molecular weight excluding hydrogens is 316 g/mol. The van der Waals surface area contributed by atoms with Crippen molar-refractivity contribution in [1.82, 2.24) is 15.1 Å². The molecule has 1 saturated heterocycles. The van der Waals surface area contributed by atoms with Crippen LogP contribution in [0.3, 0.4) is 0 Å². The lowest BCUT2D eigenvalue weighted by atomic mass is 10.2. The number of hydrogen-bond donors (Lipinski definition) is 1. The Balaban J connectivity index is 1.59. The topological polar surface area (TPSA) is 61.1 Å². The van der Waals surface area contributed by atoms with Crippen molar-refractivity contribution in [2.75, 3.05) is 39.3 Å². The predicted molar refractivity (Wildman–Crippen MR) is 99.7 cm³/mol. The van der Waals surface area contributed by atoms with Gasteiger partial charge in [-0.1, -0.05) is 18.2 Å². The van der Waals surface area contributed by atoms with Gasteiger partial charge in [-0.15, -0.1) is 0 Å². The van der Waals surface area contributed by atoms with Gasteiger partial charge in [-0.2, -0.15) is 0 Å². The molecule has 1 aliphatic rings. The highest BCUT2D eigenvalue weighted by atomic mass is 16.3. The van der Waals surface area contributed by atoms with Crippen molar-refractivity contribution in [2.45, 2.75) is 20.3 Å². The second kappa shape index (κ2) is 8.05. The minimum atomic E-state index is 0.145. The van der Waals surface area contributed by atoms with Crippen molar-refractivity contribution < 1.29 is 9.21 Å². The first-order chi connectivity index (χ1) is 12.2. The van der Waals surface area contributed by atoms with Crippen LogP contribution in [0.5, 0.6) is 0 Å². The molecule has 2 heterocycles. The lowest BCUT2D eigenvalue weighted by Crippen LogP contribution is -2.53. The number of benzene rings is 1. The van der Waals surface area contributed by atoms with Gasteiger partial charge in [0.05, 0.1) is 0 Å². The van der Waals surface area contributed by atoms with Crippen LogP contribution in [0.4, 0.5) is 0 Å². The average Bonchev–Trinajstić information content (AvgIpc) is 3.04. The van der Waals surface area contributed by atoms with Gasteiger partial charge < -0.3 is 19.5 Å². The quantitative estimate of drug-likeness (QED) is 0.683. The van der Waals surface area contributed by atoms with Gasteiger partial charge in [0.2, 0.25) is 5.91 Å². The van der Waals surface area contributed by atoms with Crippen molar-refractivity contribution in [3.8, 4) is 0 Å². The molecule has 0 aliphatic carbocycles. The zero-order chi connectivity index (χ0) is 17.6. The van der Waals surface area contributed by atoms with Gasteiger partial charge >= 0.3 is 0 Å². The van der Waals surface area contributed by atoms with Gasteiger partial charge in [-0.3, -0.25) is 9.79 Å². The van der Waals surface area contributed by atoms with Crippen LogP contribution < -0.4 is 5.32 Å². The molecule has 3 rings (SSSR count). The fourth-order valence-corrected chi connectivity index (χ4v) is 3.09. The van der Waals surface area contributed by atoms with E-state index in [1.165, 1.54) is 0 Å². The van der Waals surface area contributed by atoms with Crippen LogP contribution in [0.1, 0.15) is 19.6 Å². The Hall–Kier alpha value is -2.50. The Morgan fingerprint density at radius 2 is 1.92 bits per heavy atom. The van der Waals surface area contributed by atoms with E-state index >= 15 is 0 Å². The number of carbonyl (C=O) groups excluding carboxylic acids is 1. The molecule has 25 heavy (non-hydrogen) atoms. The molecular formula is C19H26N4O2. The fraction of sp³-hybridized carbons (Fsp3) is 0.474. The molecule has 1 fully saturated rings. The summed E-state index contributed by atoms with van der Waals surface area (Å²) in [6.07, 6.45) is 0.775. The van der Waals surface area contributed by atoms with E-state index in [0.29, 0.717) is 6.54 Å².